The molecule has 1 aromatic rings. The lowest BCUT2D eigenvalue weighted by Gasteiger charge is -2.42. The van der Waals surface area contributed by atoms with Crippen molar-refractivity contribution < 1.29 is 23.2 Å². The molecular weight excluding hydrogens is 374 g/mol. The van der Waals surface area contributed by atoms with Gasteiger partial charge in [0.2, 0.25) is 10.0 Å². The summed E-state index contributed by atoms with van der Waals surface area (Å²) >= 11 is 0. The minimum absolute atomic E-state index is 0.0369. The lowest BCUT2D eigenvalue weighted by Crippen LogP contribution is -2.55. The van der Waals surface area contributed by atoms with Gasteiger partial charge in [0.25, 0.3) is 5.69 Å². The second-order valence-electron chi connectivity index (χ2n) is 7.42. The van der Waals surface area contributed by atoms with Gasteiger partial charge in [-0.05, 0) is 44.6 Å². The molecule has 0 aromatic heterocycles. The molecule has 0 radical (unpaired) electrons. The average Bonchev–Trinajstić information content (AvgIpc) is 3.33. The van der Waals surface area contributed by atoms with Crippen LogP contribution in [-0.2, 0) is 14.8 Å². The van der Waals surface area contributed by atoms with Crippen LogP contribution in [0.2, 0.25) is 0 Å². The van der Waals surface area contributed by atoms with Gasteiger partial charge in [-0.25, -0.2) is 13.1 Å². The molecule has 0 spiro atoms. The van der Waals surface area contributed by atoms with E-state index < -0.39 is 20.9 Å². The van der Waals surface area contributed by atoms with E-state index in [4.69, 9.17) is 5.11 Å². The summed E-state index contributed by atoms with van der Waals surface area (Å²) in [5.74, 6) is -0.333. The summed E-state index contributed by atoms with van der Waals surface area (Å²) < 4.78 is 27.6. The van der Waals surface area contributed by atoms with Gasteiger partial charge in [-0.15, -0.1) is 0 Å². The van der Waals surface area contributed by atoms with Crippen molar-refractivity contribution in [2.45, 2.75) is 49.6 Å². The van der Waals surface area contributed by atoms with E-state index in [2.05, 4.69) is 4.72 Å². The maximum absolute atomic E-state index is 12.5. The van der Waals surface area contributed by atoms with Crippen molar-refractivity contribution in [2.75, 3.05) is 13.1 Å². The second kappa shape index (κ2) is 7.53. The summed E-state index contributed by atoms with van der Waals surface area (Å²) in [5.41, 5.74) is 0.161. The Morgan fingerprint density at radius 3 is 2.59 bits per heavy atom. The van der Waals surface area contributed by atoms with E-state index in [9.17, 15) is 23.3 Å². The number of nitro benzene ring substituents is 1. The fourth-order valence-corrected chi connectivity index (χ4v) is 4.65. The molecule has 2 aliphatic rings. The smallest absolute Gasteiger partial charge is 0.317 e. The highest BCUT2D eigenvalue weighted by Crippen LogP contribution is 2.34. The fourth-order valence-electron chi connectivity index (χ4n) is 3.37. The molecule has 27 heavy (non-hydrogen) atoms. The van der Waals surface area contributed by atoms with Crippen LogP contribution in [0.4, 0.5) is 5.69 Å². The minimum atomic E-state index is -3.87. The Morgan fingerprint density at radius 2 is 2.04 bits per heavy atom. The van der Waals surface area contributed by atoms with Crippen molar-refractivity contribution in [1.29, 1.82) is 0 Å². The van der Waals surface area contributed by atoms with E-state index in [0.717, 1.165) is 25.5 Å². The maximum atomic E-state index is 12.5. The Bertz CT molecular complexity index is 846. The van der Waals surface area contributed by atoms with Crippen LogP contribution in [0, 0.1) is 23.0 Å². The van der Waals surface area contributed by atoms with Crippen LogP contribution in [0.25, 0.3) is 0 Å². The number of rotatable bonds is 9. The van der Waals surface area contributed by atoms with Gasteiger partial charge in [-0.1, -0.05) is 6.07 Å². The van der Waals surface area contributed by atoms with Crippen LogP contribution in [-0.4, -0.2) is 54.5 Å². The normalized spacial score (nSPS) is 22.4. The molecule has 0 aliphatic heterocycles. The maximum Gasteiger partial charge on any atom is 0.317 e. The number of nitro groups is 1. The number of sulfonamides is 1. The van der Waals surface area contributed by atoms with E-state index in [1.807, 2.05) is 4.90 Å². The Hall–Kier alpha value is -2.04. The first-order chi connectivity index (χ1) is 12.7. The van der Waals surface area contributed by atoms with Gasteiger partial charge in [0.05, 0.1) is 16.4 Å². The fraction of sp³-hybridized carbons (Fsp3) is 0.588. The zero-order valence-electron chi connectivity index (χ0n) is 15.0. The van der Waals surface area contributed by atoms with E-state index in [-0.39, 0.29) is 29.2 Å². The van der Waals surface area contributed by atoms with Gasteiger partial charge in [0.15, 0.2) is 0 Å². The highest BCUT2D eigenvalue weighted by Gasteiger charge is 2.39. The van der Waals surface area contributed by atoms with Crippen LogP contribution in [0.1, 0.15) is 31.2 Å². The van der Waals surface area contributed by atoms with Crippen molar-refractivity contribution in [3.8, 4) is 0 Å². The molecule has 2 N–H and O–H groups in total. The molecule has 2 fully saturated rings. The Morgan fingerprint density at radius 1 is 1.37 bits per heavy atom. The van der Waals surface area contributed by atoms with E-state index in [0.29, 0.717) is 24.3 Å². The molecule has 0 saturated heterocycles. The minimum Gasteiger partial charge on any atom is -0.480 e. The highest BCUT2D eigenvalue weighted by atomic mass is 32.2. The summed E-state index contributed by atoms with van der Waals surface area (Å²) in [4.78, 5) is 23.3. The van der Waals surface area contributed by atoms with Crippen molar-refractivity contribution in [3.05, 3.63) is 33.9 Å². The number of aliphatic carboxylic acids is 1. The number of nitrogens with one attached hydrogen (secondary N) is 1. The van der Waals surface area contributed by atoms with E-state index in [1.54, 1.807) is 6.92 Å². The summed E-state index contributed by atoms with van der Waals surface area (Å²) in [5, 5.41) is 20.1. The first-order valence-electron chi connectivity index (χ1n) is 8.89. The molecular formula is C17H23N3O6S. The van der Waals surface area contributed by atoms with E-state index >= 15 is 0 Å². The first-order valence-corrected chi connectivity index (χ1v) is 10.4. The molecule has 0 bridgehead atoms. The average molecular weight is 397 g/mol. The van der Waals surface area contributed by atoms with Crippen LogP contribution >= 0.6 is 0 Å². The lowest BCUT2D eigenvalue weighted by atomic mass is 9.86. The molecule has 2 aliphatic carbocycles. The number of hydrogen-bond acceptors (Lipinski definition) is 6. The second-order valence-corrected chi connectivity index (χ2v) is 9.13. The number of nitrogens with zero attached hydrogens (tertiary/aromatic N) is 2. The molecule has 10 heteroatoms. The lowest BCUT2D eigenvalue weighted by molar-refractivity contribution is -0.385. The predicted molar refractivity (Wildman–Crippen MR) is 96.9 cm³/mol. The molecule has 0 atom stereocenters. The molecule has 0 unspecified atom stereocenters. The van der Waals surface area contributed by atoms with Gasteiger partial charge < -0.3 is 5.11 Å². The molecule has 3 rings (SSSR count). The Balaban J connectivity index is 1.62. The number of aryl methyl sites for hydroxylation is 1. The predicted octanol–water partition coefficient (Wildman–Crippen LogP) is 1.51. The van der Waals surface area contributed by atoms with Gasteiger partial charge in [0, 0.05) is 30.3 Å². The molecule has 2 saturated carbocycles. The highest BCUT2D eigenvalue weighted by molar-refractivity contribution is 7.89. The van der Waals surface area contributed by atoms with Gasteiger partial charge in [0.1, 0.15) is 0 Å². The number of carbonyl (C=O) groups is 1. The van der Waals surface area contributed by atoms with Crippen molar-refractivity contribution in [1.82, 2.24) is 9.62 Å². The third-order valence-electron chi connectivity index (χ3n) is 5.17. The number of benzene rings is 1. The van der Waals surface area contributed by atoms with Crippen LogP contribution in [0.15, 0.2) is 23.1 Å². The zero-order chi connectivity index (χ0) is 19.8. The molecule has 9 nitrogen and oxygen atoms in total. The van der Waals surface area contributed by atoms with E-state index in [1.165, 1.54) is 12.1 Å². The largest absolute Gasteiger partial charge is 0.480 e. The van der Waals surface area contributed by atoms with Crippen LogP contribution in [0.5, 0.6) is 0 Å². The zero-order valence-corrected chi connectivity index (χ0v) is 15.8. The number of carboxylic acids is 1. The first kappa shape index (κ1) is 19.7. The van der Waals surface area contributed by atoms with Crippen LogP contribution < -0.4 is 4.72 Å². The third-order valence-corrected chi connectivity index (χ3v) is 6.69. The van der Waals surface area contributed by atoms with Crippen molar-refractivity contribution in [2.24, 2.45) is 5.92 Å². The molecule has 1 aromatic carbocycles. The van der Waals surface area contributed by atoms with Gasteiger partial charge in [-0.3, -0.25) is 19.8 Å². The summed E-state index contributed by atoms with van der Waals surface area (Å²) in [6.07, 6.45) is 3.30. The molecule has 0 amide bonds. The quantitative estimate of drug-likeness (QED) is 0.477. The topological polar surface area (TPSA) is 130 Å². The van der Waals surface area contributed by atoms with Gasteiger partial charge >= 0.3 is 5.97 Å². The standard InChI is InChI=1S/C17H23N3O6S/c1-11-2-5-15(8-16(11)20(23)24)27(25,26)18-13-6-14(7-13)19(10-17(21)22)9-12-3-4-12/h2,5,8,12-14,18H,3-4,6-7,9-10H2,1H3,(H,21,22). The molecule has 148 valence electrons. The summed E-state index contributed by atoms with van der Waals surface area (Å²) in [6, 6.07) is 3.58. The van der Waals surface area contributed by atoms with Gasteiger partial charge in [-0.2, -0.15) is 0 Å². The summed E-state index contributed by atoms with van der Waals surface area (Å²) in [6.45, 7) is 2.25. The number of carboxylic acid groups (broad SMARTS) is 1. The third kappa shape index (κ3) is 4.82. The Labute approximate surface area is 157 Å². The monoisotopic (exact) mass is 397 g/mol. The van der Waals surface area contributed by atoms with Crippen LogP contribution in [0.3, 0.4) is 0 Å². The SMILES string of the molecule is Cc1ccc(S(=O)(=O)NC2CC(N(CC(=O)O)CC3CC3)C2)cc1[N+](=O)[O-]. The van der Waals surface area contributed by atoms with Crippen molar-refractivity contribution >= 4 is 21.7 Å². The Kier molecular flexibility index (Phi) is 5.50. The molecule has 0 heterocycles. The van der Waals surface area contributed by atoms with Crippen molar-refractivity contribution in [3.63, 3.8) is 0 Å². The number of hydrogen-bond donors (Lipinski definition) is 2. The summed E-state index contributed by atoms with van der Waals surface area (Å²) in [7, 11) is -3.87.